The lowest BCUT2D eigenvalue weighted by Crippen LogP contribution is -2.27. The van der Waals surface area contributed by atoms with Crippen molar-refractivity contribution in [3.05, 3.63) is 26.9 Å². The van der Waals surface area contributed by atoms with Crippen LogP contribution >= 0.6 is 27.3 Å². The minimum Gasteiger partial charge on any atom is -0.352 e. The zero-order chi connectivity index (χ0) is 12.9. The smallest absolute Gasteiger partial charge is 0.244 e. The van der Waals surface area contributed by atoms with Gasteiger partial charge in [0.25, 0.3) is 0 Å². The van der Waals surface area contributed by atoms with Gasteiger partial charge in [0, 0.05) is 23.8 Å². The standard InChI is InChI=1S/C10H12BrNO3S2/c1-17(14,15)7-6-12-10(13)5-3-8-2-4-9(11)16-8/h2-5H,6-7H2,1H3,(H,12,13). The lowest BCUT2D eigenvalue weighted by Gasteiger charge is -1.99. The third-order valence-electron chi connectivity index (χ3n) is 1.77. The molecule has 1 N–H and O–H groups in total. The third-order valence-corrected chi connectivity index (χ3v) is 4.30. The molecular formula is C10H12BrNO3S2. The lowest BCUT2D eigenvalue weighted by atomic mass is 10.4. The minimum atomic E-state index is -3.03. The monoisotopic (exact) mass is 337 g/mol. The second-order valence-electron chi connectivity index (χ2n) is 3.40. The van der Waals surface area contributed by atoms with Gasteiger partial charge in [-0.1, -0.05) is 0 Å². The van der Waals surface area contributed by atoms with Gasteiger partial charge in [-0.25, -0.2) is 8.42 Å². The van der Waals surface area contributed by atoms with Crippen LogP contribution in [0.4, 0.5) is 0 Å². The maximum Gasteiger partial charge on any atom is 0.244 e. The number of rotatable bonds is 5. The first kappa shape index (κ1) is 14.4. The molecule has 17 heavy (non-hydrogen) atoms. The molecule has 0 radical (unpaired) electrons. The molecule has 1 aromatic heterocycles. The molecule has 0 aliphatic rings. The van der Waals surface area contributed by atoms with E-state index in [1.807, 2.05) is 12.1 Å². The van der Waals surface area contributed by atoms with E-state index in [0.29, 0.717) is 0 Å². The average Bonchev–Trinajstić information content (AvgIpc) is 2.59. The van der Waals surface area contributed by atoms with Gasteiger partial charge in [0.2, 0.25) is 5.91 Å². The van der Waals surface area contributed by atoms with Crippen molar-refractivity contribution in [1.29, 1.82) is 0 Å². The van der Waals surface area contributed by atoms with E-state index in [1.54, 1.807) is 6.08 Å². The number of thiophene rings is 1. The van der Waals surface area contributed by atoms with Crippen molar-refractivity contribution in [2.75, 3.05) is 18.6 Å². The van der Waals surface area contributed by atoms with Crippen molar-refractivity contribution in [2.45, 2.75) is 0 Å². The fourth-order valence-corrected chi connectivity index (χ4v) is 2.79. The van der Waals surface area contributed by atoms with Crippen LogP contribution in [0.3, 0.4) is 0 Å². The lowest BCUT2D eigenvalue weighted by molar-refractivity contribution is -0.116. The summed E-state index contributed by atoms with van der Waals surface area (Å²) in [5.74, 6) is -0.338. The van der Waals surface area contributed by atoms with Crippen LogP contribution in [0.5, 0.6) is 0 Å². The van der Waals surface area contributed by atoms with Gasteiger partial charge >= 0.3 is 0 Å². The molecule has 0 aliphatic heterocycles. The van der Waals surface area contributed by atoms with Gasteiger partial charge in [-0.05, 0) is 34.1 Å². The number of sulfone groups is 1. The Balaban J connectivity index is 2.37. The molecule has 0 spiro atoms. The molecule has 1 aromatic rings. The Kier molecular flexibility index (Phi) is 5.35. The molecule has 0 aliphatic carbocycles. The summed E-state index contributed by atoms with van der Waals surface area (Å²) in [6.07, 6.45) is 4.21. The van der Waals surface area contributed by atoms with E-state index < -0.39 is 9.84 Å². The van der Waals surface area contributed by atoms with Gasteiger partial charge in [-0.15, -0.1) is 11.3 Å². The number of carbonyl (C=O) groups excluding carboxylic acids is 1. The first-order valence-corrected chi connectivity index (χ1v) is 8.43. The SMILES string of the molecule is CS(=O)(=O)CCNC(=O)C=Cc1ccc(Br)s1. The molecule has 0 unspecified atom stereocenters. The number of amides is 1. The maximum absolute atomic E-state index is 11.3. The van der Waals surface area contributed by atoms with Crippen LogP contribution in [0.15, 0.2) is 22.0 Å². The van der Waals surface area contributed by atoms with E-state index in [1.165, 1.54) is 17.4 Å². The van der Waals surface area contributed by atoms with Crippen molar-refractivity contribution in [3.63, 3.8) is 0 Å². The van der Waals surface area contributed by atoms with E-state index in [9.17, 15) is 13.2 Å². The number of hydrogen-bond acceptors (Lipinski definition) is 4. The molecule has 4 nitrogen and oxygen atoms in total. The number of hydrogen-bond donors (Lipinski definition) is 1. The quantitative estimate of drug-likeness (QED) is 0.831. The molecule has 0 fully saturated rings. The van der Waals surface area contributed by atoms with Crippen LogP contribution < -0.4 is 5.32 Å². The van der Waals surface area contributed by atoms with Gasteiger partial charge in [0.05, 0.1) is 9.54 Å². The van der Waals surface area contributed by atoms with E-state index in [2.05, 4.69) is 21.2 Å². The summed E-state index contributed by atoms with van der Waals surface area (Å²) in [4.78, 5) is 12.3. The summed E-state index contributed by atoms with van der Waals surface area (Å²) < 4.78 is 22.6. The molecular weight excluding hydrogens is 326 g/mol. The Labute approximate surface area is 113 Å². The Morgan fingerprint density at radius 3 is 2.76 bits per heavy atom. The first-order valence-electron chi connectivity index (χ1n) is 4.76. The van der Waals surface area contributed by atoms with Gasteiger partial charge in [-0.2, -0.15) is 0 Å². The van der Waals surface area contributed by atoms with Gasteiger partial charge < -0.3 is 5.32 Å². The number of nitrogens with one attached hydrogen (secondary N) is 1. The largest absolute Gasteiger partial charge is 0.352 e. The summed E-state index contributed by atoms with van der Waals surface area (Å²) in [6, 6.07) is 3.78. The molecule has 1 rings (SSSR count). The van der Waals surface area contributed by atoms with Crippen LogP contribution in [-0.4, -0.2) is 32.9 Å². The molecule has 1 amide bonds. The first-order chi connectivity index (χ1) is 7.87. The van der Waals surface area contributed by atoms with Gasteiger partial charge in [0.1, 0.15) is 9.84 Å². The summed E-state index contributed by atoms with van der Waals surface area (Å²) >= 11 is 4.83. The molecule has 0 bridgehead atoms. The Morgan fingerprint density at radius 2 is 2.24 bits per heavy atom. The fraction of sp³-hybridized carbons (Fsp3) is 0.300. The highest BCUT2D eigenvalue weighted by atomic mass is 79.9. The predicted molar refractivity (Wildman–Crippen MR) is 73.8 cm³/mol. The third kappa shape index (κ3) is 6.60. The number of carbonyl (C=O) groups is 1. The normalized spacial score (nSPS) is 11.9. The zero-order valence-corrected chi connectivity index (χ0v) is 12.4. The highest BCUT2D eigenvalue weighted by molar-refractivity contribution is 9.11. The molecule has 94 valence electrons. The minimum absolute atomic E-state index is 0.0445. The molecule has 0 saturated carbocycles. The van der Waals surface area contributed by atoms with Crippen molar-refractivity contribution < 1.29 is 13.2 Å². The summed E-state index contributed by atoms with van der Waals surface area (Å²) in [5.41, 5.74) is 0. The van der Waals surface area contributed by atoms with E-state index >= 15 is 0 Å². The van der Waals surface area contributed by atoms with Crippen molar-refractivity contribution in [1.82, 2.24) is 5.32 Å². The summed E-state index contributed by atoms with van der Waals surface area (Å²) in [6.45, 7) is 0.135. The Hall–Kier alpha value is -0.660. The highest BCUT2D eigenvalue weighted by Crippen LogP contribution is 2.22. The van der Waals surface area contributed by atoms with Crippen LogP contribution in [0.2, 0.25) is 0 Å². The van der Waals surface area contributed by atoms with E-state index in [-0.39, 0.29) is 18.2 Å². The van der Waals surface area contributed by atoms with Crippen molar-refractivity contribution in [3.8, 4) is 0 Å². The van der Waals surface area contributed by atoms with Crippen LogP contribution in [0, 0.1) is 0 Å². The second kappa shape index (κ2) is 6.32. The average molecular weight is 338 g/mol. The highest BCUT2D eigenvalue weighted by Gasteiger charge is 2.02. The van der Waals surface area contributed by atoms with Crippen LogP contribution in [0.1, 0.15) is 4.88 Å². The van der Waals surface area contributed by atoms with Gasteiger partial charge in [0.15, 0.2) is 0 Å². The molecule has 1 heterocycles. The summed E-state index contributed by atoms with van der Waals surface area (Å²) in [7, 11) is -3.03. The molecule has 7 heteroatoms. The Bertz CT molecular complexity index is 519. The topological polar surface area (TPSA) is 63.2 Å². The maximum atomic E-state index is 11.3. The second-order valence-corrected chi connectivity index (χ2v) is 8.15. The number of halogens is 1. The van der Waals surface area contributed by atoms with E-state index in [4.69, 9.17) is 0 Å². The summed E-state index contributed by atoms with van der Waals surface area (Å²) in [5, 5.41) is 2.50. The zero-order valence-electron chi connectivity index (χ0n) is 9.14. The van der Waals surface area contributed by atoms with Crippen LogP contribution in [0.25, 0.3) is 6.08 Å². The van der Waals surface area contributed by atoms with Crippen molar-refractivity contribution in [2.24, 2.45) is 0 Å². The van der Waals surface area contributed by atoms with Crippen LogP contribution in [-0.2, 0) is 14.6 Å². The van der Waals surface area contributed by atoms with Crippen molar-refractivity contribution >= 4 is 49.1 Å². The Morgan fingerprint density at radius 1 is 1.53 bits per heavy atom. The predicted octanol–water partition coefficient (Wildman–Crippen LogP) is 1.68. The molecule has 0 atom stereocenters. The molecule has 0 aromatic carbocycles. The fourth-order valence-electron chi connectivity index (χ4n) is 0.994. The molecule has 0 saturated heterocycles. The van der Waals surface area contributed by atoms with Gasteiger partial charge in [-0.3, -0.25) is 4.79 Å². The van der Waals surface area contributed by atoms with E-state index in [0.717, 1.165) is 14.9 Å².